The molecule has 0 spiro atoms. The maximum atomic E-state index is 12.4. The van der Waals surface area contributed by atoms with E-state index in [4.69, 9.17) is 0 Å². The zero-order chi connectivity index (χ0) is 13.8. The minimum Gasteiger partial charge on any atom is -0.339 e. The van der Waals surface area contributed by atoms with Gasteiger partial charge in [-0.05, 0) is 79.6 Å². The molecule has 0 heterocycles. The van der Waals surface area contributed by atoms with E-state index in [0.717, 1.165) is 34.8 Å². The third-order valence-corrected chi connectivity index (χ3v) is 4.78. The number of halogens is 1. The van der Waals surface area contributed by atoms with Crippen molar-refractivity contribution in [2.24, 2.45) is 0 Å². The van der Waals surface area contributed by atoms with Gasteiger partial charge < -0.3 is 10.2 Å². The second kappa shape index (κ2) is 6.70. The van der Waals surface area contributed by atoms with Crippen LogP contribution in [0.25, 0.3) is 0 Å². The van der Waals surface area contributed by atoms with E-state index >= 15 is 0 Å². The van der Waals surface area contributed by atoms with Crippen molar-refractivity contribution in [3.05, 3.63) is 33.4 Å². The summed E-state index contributed by atoms with van der Waals surface area (Å²) in [5, 5.41) is 3.33. The molecule has 1 amide bonds. The first kappa shape index (κ1) is 14.8. The molecule has 1 aromatic rings. The second-order valence-corrected chi connectivity index (χ2v) is 6.46. The highest BCUT2D eigenvalue weighted by Gasteiger charge is 2.26. The molecule has 0 atom stereocenters. The van der Waals surface area contributed by atoms with Gasteiger partial charge in [0.25, 0.3) is 5.91 Å². The van der Waals surface area contributed by atoms with Crippen molar-refractivity contribution < 1.29 is 4.79 Å². The quantitative estimate of drug-likeness (QED) is 0.828. The van der Waals surface area contributed by atoms with Gasteiger partial charge in [0.2, 0.25) is 0 Å². The van der Waals surface area contributed by atoms with E-state index in [1.807, 2.05) is 43.3 Å². The minimum absolute atomic E-state index is 0.143. The number of hydrogen-bond acceptors (Lipinski definition) is 2. The molecule has 0 aromatic heterocycles. The van der Waals surface area contributed by atoms with Crippen molar-refractivity contribution in [3.63, 3.8) is 0 Å². The first-order valence-electron chi connectivity index (χ1n) is 6.82. The molecular weight excluding hydrogens is 351 g/mol. The van der Waals surface area contributed by atoms with Gasteiger partial charge in [0.05, 0.1) is 0 Å². The maximum absolute atomic E-state index is 12.4. The van der Waals surface area contributed by atoms with Gasteiger partial charge >= 0.3 is 0 Å². The van der Waals surface area contributed by atoms with Gasteiger partial charge in [-0.25, -0.2) is 0 Å². The standard InChI is InChI=1S/C15H21IN2O/c1-17-13-7-9-14(10-8-13)18(2)15(19)11-3-5-12(16)6-4-11/h3-6,13-14,17H,7-10H2,1-2H3. The SMILES string of the molecule is CNC1CCC(N(C)C(=O)c2ccc(I)cc2)CC1. The number of nitrogens with zero attached hydrogens (tertiary/aromatic N) is 1. The average Bonchev–Trinajstić information content (AvgIpc) is 2.46. The van der Waals surface area contributed by atoms with Gasteiger partial charge in [0.15, 0.2) is 0 Å². The van der Waals surface area contributed by atoms with E-state index in [1.54, 1.807) is 0 Å². The summed E-state index contributed by atoms with van der Waals surface area (Å²) in [7, 11) is 3.95. The fourth-order valence-electron chi connectivity index (χ4n) is 2.71. The normalized spacial score (nSPS) is 23.1. The molecular formula is C15H21IN2O. The second-order valence-electron chi connectivity index (χ2n) is 5.22. The van der Waals surface area contributed by atoms with Crippen molar-refractivity contribution in [3.8, 4) is 0 Å². The zero-order valence-electron chi connectivity index (χ0n) is 11.5. The minimum atomic E-state index is 0.143. The lowest BCUT2D eigenvalue weighted by molar-refractivity contribution is 0.0685. The molecule has 104 valence electrons. The Morgan fingerprint density at radius 1 is 1.21 bits per heavy atom. The molecule has 0 aliphatic heterocycles. The van der Waals surface area contributed by atoms with Crippen LogP contribution in [0.1, 0.15) is 36.0 Å². The molecule has 2 rings (SSSR count). The largest absolute Gasteiger partial charge is 0.339 e. The van der Waals surface area contributed by atoms with E-state index in [1.165, 1.54) is 0 Å². The van der Waals surface area contributed by atoms with Gasteiger partial charge in [-0.3, -0.25) is 4.79 Å². The van der Waals surface area contributed by atoms with E-state index in [9.17, 15) is 4.79 Å². The summed E-state index contributed by atoms with van der Waals surface area (Å²) in [6, 6.07) is 8.81. The van der Waals surface area contributed by atoms with E-state index in [-0.39, 0.29) is 5.91 Å². The Bertz CT molecular complexity index is 424. The van der Waals surface area contributed by atoms with Crippen LogP contribution >= 0.6 is 22.6 Å². The average molecular weight is 372 g/mol. The number of benzene rings is 1. The van der Waals surface area contributed by atoms with Gasteiger partial charge in [-0.2, -0.15) is 0 Å². The highest BCUT2D eigenvalue weighted by molar-refractivity contribution is 14.1. The van der Waals surface area contributed by atoms with Crippen molar-refractivity contribution in [2.45, 2.75) is 37.8 Å². The predicted molar refractivity (Wildman–Crippen MR) is 86.4 cm³/mol. The smallest absolute Gasteiger partial charge is 0.253 e. The molecule has 1 aromatic carbocycles. The van der Waals surface area contributed by atoms with Crippen molar-refractivity contribution >= 4 is 28.5 Å². The van der Waals surface area contributed by atoms with Crippen LogP contribution in [0.2, 0.25) is 0 Å². The third-order valence-electron chi connectivity index (χ3n) is 4.06. The van der Waals surface area contributed by atoms with Crippen LogP contribution in [0.3, 0.4) is 0 Å². The summed E-state index contributed by atoms with van der Waals surface area (Å²) in [5.74, 6) is 0.143. The van der Waals surface area contributed by atoms with E-state index < -0.39 is 0 Å². The highest BCUT2D eigenvalue weighted by Crippen LogP contribution is 2.23. The number of rotatable bonds is 3. The van der Waals surface area contributed by atoms with Gasteiger partial charge in [-0.1, -0.05) is 0 Å². The van der Waals surface area contributed by atoms with Crippen molar-refractivity contribution in [2.75, 3.05) is 14.1 Å². The van der Waals surface area contributed by atoms with E-state index in [0.29, 0.717) is 12.1 Å². The monoisotopic (exact) mass is 372 g/mol. The summed E-state index contributed by atoms with van der Waals surface area (Å²) in [5.41, 5.74) is 0.790. The van der Waals surface area contributed by atoms with E-state index in [2.05, 4.69) is 27.9 Å². The molecule has 0 saturated heterocycles. The van der Waals surface area contributed by atoms with Crippen LogP contribution < -0.4 is 5.32 Å². The first-order valence-corrected chi connectivity index (χ1v) is 7.89. The molecule has 3 nitrogen and oxygen atoms in total. The zero-order valence-corrected chi connectivity index (χ0v) is 13.7. The molecule has 0 bridgehead atoms. The lowest BCUT2D eigenvalue weighted by Gasteiger charge is -2.34. The summed E-state index contributed by atoms with van der Waals surface area (Å²) >= 11 is 2.26. The summed E-state index contributed by atoms with van der Waals surface area (Å²) in [6.45, 7) is 0. The Labute approximate surface area is 128 Å². The summed E-state index contributed by atoms with van der Waals surface area (Å²) in [6.07, 6.45) is 4.51. The third kappa shape index (κ3) is 3.69. The fraction of sp³-hybridized carbons (Fsp3) is 0.533. The number of carbonyl (C=O) groups excluding carboxylic acids is 1. The van der Waals surface area contributed by atoms with Crippen LogP contribution in [0.15, 0.2) is 24.3 Å². The van der Waals surface area contributed by atoms with Gasteiger partial charge in [0, 0.05) is 28.3 Å². The number of hydrogen-bond donors (Lipinski definition) is 1. The molecule has 0 radical (unpaired) electrons. The number of carbonyl (C=O) groups is 1. The number of nitrogens with one attached hydrogen (secondary N) is 1. The summed E-state index contributed by atoms with van der Waals surface area (Å²) in [4.78, 5) is 14.3. The first-order chi connectivity index (χ1) is 9.11. The van der Waals surface area contributed by atoms with Gasteiger partial charge in [0.1, 0.15) is 0 Å². The molecule has 0 unspecified atom stereocenters. The van der Waals surface area contributed by atoms with Crippen LogP contribution in [-0.2, 0) is 0 Å². The molecule has 1 N–H and O–H groups in total. The predicted octanol–water partition coefficient (Wildman–Crippen LogP) is 2.89. The lowest BCUT2D eigenvalue weighted by atomic mass is 9.90. The molecule has 1 aliphatic rings. The molecule has 1 aliphatic carbocycles. The van der Waals surface area contributed by atoms with Crippen LogP contribution in [-0.4, -0.2) is 37.0 Å². The van der Waals surface area contributed by atoms with Gasteiger partial charge in [-0.15, -0.1) is 0 Å². The number of amides is 1. The Hall–Kier alpha value is -0.620. The molecule has 4 heteroatoms. The van der Waals surface area contributed by atoms with Crippen LogP contribution in [0.5, 0.6) is 0 Å². The molecule has 1 saturated carbocycles. The van der Waals surface area contributed by atoms with Crippen LogP contribution in [0, 0.1) is 3.57 Å². The Balaban J connectivity index is 1.98. The fourth-order valence-corrected chi connectivity index (χ4v) is 3.07. The van der Waals surface area contributed by atoms with Crippen LogP contribution in [0.4, 0.5) is 0 Å². The van der Waals surface area contributed by atoms with Crippen molar-refractivity contribution in [1.82, 2.24) is 10.2 Å². The molecule has 19 heavy (non-hydrogen) atoms. The van der Waals surface area contributed by atoms with Crippen molar-refractivity contribution in [1.29, 1.82) is 0 Å². The lowest BCUT2D eigenvalue weighted by Crippen LogP contribution is -2.42. The summed E-state index contributed by atoms with van der Waals surface area (Å²) < 4.78 is 1.16. The Morgan fingerprint density at radius 2 is 1.79 bits per heavy atom. The maximum Gasteiger partial charge on any atom is 0.253 e. The highest BCUT2D eigenvalue weighted by atomic mass is 127. The Kier molecular flexibility index (Phi) is 5.21. The molecule has 1 fully saturated rings. The topological polar surface area (TPSA) is 32.3 Å². The Morgan fingerprint density at radius 3 is 2.32 bits per heavy atom.